The zero-order valence-electron chi connectivity index (χ0n) is 14.7. The molecule has 0 fully saturated rings. The third-order valence-electron chi connectivity index (χ3n) is 4.44. The number of amides is 1. The van der Waals surface area contributed by atoms with E-state index in [0.717, 1.165) is 18.2 Å². The minimum Gasteiger partial charge on any atom is -0.386 e. The van der Waals surface area contributed by atoms with Gasteiger partial charge in [-0.25, -0.2) is 12.8 Å². The largest absolute Gasteiger partial charge is 0.386 e. The molecule has 0 aliphatic carbocycles. The van der Waals surface area contributed by atoms with E-state index in [-0.39, 0.29) is 17.1 Å². The molecule has 2 rings (SSSR count). The number of carbonyl (C=O) groups is 1. The van der Waals surface area contributed by atoms with Gasteiger partial charge in [0.1, 0.15) is 21.9 Å². The second-order valence-electron chi connectivity index (χ2n) is 7.08. The summed E-state index contributed by atoms with van der Waals surface area (Å²) in [6, 6.07) is 3.13. The molecule has 0 aromatic heterocycles. The fourth-order valence-corrected chi connectivity index (χ4v) is 4.22. The maximum Gasteiger partial charge on any atom is 0.322 e. The van der Waals surface area contributed by atoms with Crippen molar-refractivity contribution in [1.82, 2.24) is 0 Å². The number of nitrogens with zero attached hydrogens (tertiary/aromatic N) is 1. The molecule has 0 spiro atoms. The van der Waals surface area contributed by atoms with Gasteiger partial charge in [0.05, 0.1) is 5.75 Å². The highest BCUT2D eigenvalue weighted by molar-refractivity contribution is 7.93. The molecular formula is C16H20F3N3O3S. The third kappa shape index (κ3) is 3.42. The van der Waals surface area contributed by atoms with Crippen molar-refractivity contribution in [2.45, 2.75) is 43.9 Å². The number of nitrogens with one attached hydrogen (secondary N) is 1. The number of amidine groups is 1. The molecule has 1 aromatic carbocycles. The molecule has 1 aliphatic rings. The molecule has 0 radical (unpaired) electrons. The third-order valence-corrected chi connectivity index (χ3v) is 7.14. The van der Waals surface area contributed by atoms with Gasteiger partial charge in [-0.3, -0.25) is 9.79 Å². The molecule has 1 heterocycles. The lowest BCUT2D eigenvalue weighted by atomic mass is 9.92. The van der Waals surface area contributed by atoms with Crippen molar-refractivity contribution in [3.8, 4) is 0 Å². The molecule has 3 N–H and O–H groups in total. The Hall–Kier alpha value is -2.10. The fraction of sp³-hybridized carbons (Fsp3) is 0.500. The Morgan fingerprint density at radius 2 is 1.88 bits per heavy atom. The predicted molar refractivity (Wildman–Crippen MR) is 92.5 cm³/mol. The summed E-state index contributed by atoms with van der Waals surface area (Å²) in [5.74, 6) is -6.69. The first-order valence-electron chi connectivity index (χ1n) is 7.67. The SMILES string of the molecule is CC(F)(F)C(=O)Nc1ccc(F)c([C@]2(C)CS(=O)(=O)C(C)(C)C(N)=N2)c1. The summed E-state index contributed by atoms with van der Waals surface area (Å²) < 4.78 is 64.2. The summed E-state index contributed by atoms with van der Waals surface area (Å²) >= 11 is 0. The Morgan fingerprint density at radius 3 is 2.38 bits per heavy atom. The molecule has 1 atom stereocenters. The van der Waals surface area contributed by atoms with Crippen LogP contribution in [0.5, 0.6) is 0 Å². The number of rotatable bonds is 3. The molecule has 0 bridgehead atoms. The van der Waals surface area contributed by atoms with E-state index in [9.17, 15) is 26.4 Å². The number of aliphatic imine (C=N–C) groups is 1. The van der Waals surface area contributed by atoms with E-state index in [1.807, 2.05) is 5.32 Å². The van der Waals surface area contributed by atoms with E-state index in [1.54, 1.807) is 0 Å². The summed E-state index contributed by atoms with van der Waals surface area (Å²) in [6.45, 7) is 4.61. The average molecular weight is 391 g/mol. The Bertz CT molecular complexity index is 892. The van der Waals surface area contributed by atoms with E-state index >= 15 is 0 Å². The summed E-state index contributed by atoms with van der Waals surface area (Å²) in [5.41, 5.74) is 3.97. The van der Waals surface area contributed by atoms with Crippen LogP contribution in [0.2, 0.25) is 0 Å². The van der Waals surface area contributed by atoms with Gasteiger partial charge in [-0.1, -0.05) is 0 Å². The highest BCUT2D eigenvalue weighted by atomic mass is 32.2. The van der Waals surface area contributed by atoms with Crippen molar-refractivity contribution >= 4 is 27.3 Å². The van der Waals surface area contributed by atoms with Crippen LogP contribution in [-0.2, 0) is 20.2 Å². The summed E-state index contributed by atoms with van der Waals surface area (Å²) in [4.78, 5) is 15.6. The number of carbonyl (C=O) groups excluding carboxylic acids is 1. The Labute approximate surface area is 149 Å². The summed E-state index contributed by atoms with van der Waals surface area (Å²) in [5, 5.41) is 1.97. The van der Waals surface area contributed by atoms with Crippen LogP contribution in [0.1, 0.15) is 33.3 Å². The van der Waals surface area contributed by atoms with Gasteiger partial charge in [0.15, 0.2) is 9.84 Å². The zero-order chi connectivity index (χ0) is 20.1. The van der Waals surface area contributed by atoms with E-state index in [0.29, 0.717) is 6.92 Å². The van der Waals surface area contributed by atoms with Crippen LogP contribution in [0, 0.1) is 5.82 Å². The number of benzene rings is 1. The lowest BCUT2D eigenvalue weighted by Crippen LogP contribution is -2.55. The minimum atomic E-state index is -3.77. The van der Waals surface area contributed by atoms with Crippen molar-refractivity contribution in [2.24, 2.45) is 10.7 Å². The summed E-state index contributed by atoms with van der Waals surface area (Å²) in [7, 11) is -3.77. The molecule has 1 aliphatic heterocycles. The number of anilines is 1. The van der Waals surface area contributed by atoms with E-state index in [1.165, 1.54) is 20.8 Å². The van der Waals surface area contributed by atoms with Gasteiger partial charge < -0.3 is 11.1 Å². The smallest absolute Gasteiger partial charge is 0.322 e. The first-order valence-corrected chi connectivity index (χ1v) is 9.33. The van der Waals surface area contributed by atoms with Gasteiger partial charge in [-0.05, 0) is 39.0 Å². The van der Waals surface area contributed by atoms with Crippen LogP contribution >= 0.6 is 0 Å². The number of nitrogens with two attached hydrogens (primary N) is 1. The quantitative estimate of drug-likeness (QED) is 0.825. The molecule has 10 heteroatoms. The number of hydrogen-bond acceptors (Lipinski definition) is 5. The molecule has 0 saturated carbocycles. The Balaban J connectivity index is 2.53. The first-order chi connectivity index (χ1) is 11.6. The van der Waals surface area contributed by atoms with Gasteiger partial charge in [0.2, 0.25) is 0 Å². The molecule has 0 saturated heterocycles. The first kappa shape index (κ1) is 20.2. The number of alkyl halides is 2. The van der Waals surface area contributed by atoms with Crippen molar-refractivity contribution in [2.75, 3.05) is 11.1 Å². The van der Waals surface area contributed by atoms with Crippen molar-refractivity contribution in [1.29, 1.82) is 0 Å². The van der Waals surface area contributed by atoms with Crippen LogP contribution in [0.15, 0.2) is 23.2 Å². The molecule has 1 amide bonds. The van der Waals surface area contributed by atoms with Gasteiger partial charge in [-0.2, -0.15) is 8.78 Å². The standard InChI is InChI=1S/C16H20F3N3O3S/c1-14(2)12(20)22-15(3,8-26(14,24)25)10-7-9(5-6-11(10)17)21-13(23)16(4,18)19/h5-7H,8H2,1-4H3,(H2,20,22)(H,21,23)/t15-/m0/s1. The van der Waals surface area contributed by atoms with Gasteiger partial charge in [0.25, 0.3) is 5.91 Å². The maximum atomic E-state index is 14.4. The van der Waals surface area contributed by atoms with E-state index in [4.69, 9.17) is 5.73 Å². The van der Waals surface area contributed by atoms with Crippen LogP contribution in [0.4, 0.5) is 18.9 Å². The van der Waals surface area contributed by atoms with Crippen molar-refractivity contribution in [3.63, 3.8) is 0 Å². The Kier molecular flexibility index (Phi) is 4.64. The molecule has 144 valence electrons. The minimum absolute atomic E-state index is 0.106. The number of hydrogen-bond donors (Lipinski definition) is 2. The average Bonchev–Trinajstić information content (AvgIpc) is 2.45. The monoisotopic (exact) mass is 391 g/mol. The lowest BCUT2D eigenvalue weighted by Gasteiger charge is -2.38. The predicted octanol–water partition coefficient (Wildman–Crippen LogP) is 2.20. The normalized spacial score (nSPS) is 24.7. The second kappa shape index (κ2) is 5.97. The van der Waals surface area contributed by atoms with Crippen molar-refractivity contribution in [3.05, 3.63) is 29.6 Å². The molecule has 0 unspecified atom stereocenters. The Morgan fingerprint density at radius 1 is 1.31 bits per heavy atom. The molecule has 6 nitrogen and oxygen atoms in total. The van der Waals surface area contributed by atoms with Gasteiger partial charge >= 0.3 is 5.92 Å². The highest BCUT2D eigenvalue weighted by Crippen LogP contribution is 2.38. The van der Waals surface area contributed by atoms with Crippen LogP contribution < -0.4 is 11.1 Å². The van der Waals surface area contributed by atoms with E-state index in [2.05, 4.69) is 4.99 Å². The van der Waals surface area contributed by atoms with Gasteiger partial charge in [-0.15, -0.1) is 0 Å². The van der Waals surface area contributed by atoms with Gasteiger partial charge in [0, 0.05) is 18.2 Å². The molecular weight excluding hydrogens is 371 g/mol. The van der Waals surface area contributed by atoms with Crippen LogP contribution in [0.25, 0.3) is 0 Å². The van der Waals surface area contributed by atoms with Crippen molar-refractivity contribution < 1.29 is 26.4 Å². The van der Waals surface area contributed by atoms with Crippen LogP contribution in [0.3, 0.4) is 0 Å². The number of halogens is 3. The maximum absolute atomic E-state index is 14.4. The van der Waals surface area contributed by atoms with Crippen LogP contribution in [-0.4, -0.2) is 36.6 Å². The lowest BCUT2D eigenvalue weighted by molar-refractivity contribution is -0.137. The van der Waals surface area contributed by atoms with E-state index < -0.39 is 43.5 Å². The molecule has 26 heavy (non-hydrogen) atoms. The fourth-order valence-electron chi connectivity index (χ4n) is 2.54. The second-order valence-corrected chi connectivity index (χ2v) is 9.62. The zero-order valence-corrected chi connectivity index (χ0v) is 15.5. The topological polar surface area (TPSA) is 102 Å². The number of sulfone groups is 1. The molecule has 1 aromatic rings. The summed E-state index contributed by atoms with van der Waals surface area (Å²) in [6.07, 6.45) is 0. The highest BCUT2D eigenvalue weighted by Gasteiger charge is 2.49.